The van der Waals surface area contributed by atoms with Gasteiger partial charge in [-0.1, -0.05) is 19.1 Å². The summed E-state index contributed by atoms with van der Waals surface area (Å²) in [6.45, 7) is 2.83. The van der Waals surface area contributed by atoms with Crippen LogP contribution in [-0.2, 0) is 17.6 Å². The molecule has 0 saturated carbocycles. The summed E-state index contributed by atoms with van der Waals surface area (Å²) in [5.74, 6) is 1.25. The van der Waals surface area contributed by atoms with E-state index in [1.807, 2.05) is 13.1 Å². The Bertz CT molecular complexity index is 407. The van der Waals surface area contributed by atoms with E-state index < -0.39 is 0 Å². The zero-order chi connectivity index (χ0) is 13.5. The fourth-order valence-electron chi connectivity index (χ4n) is 1.81. The second-order valence-corrected chi connectivity index (χ2v) is 4.54. The van der Waals surface area contributed by atoms with Crippen molar-refractivity contribution < 1.29 is 9.53 Å². The van der Waals surface area contributed by atoms with Gasteiger partial charge >= 0.3 is 0 Å². The normalized spacial score (nSPS) is 10.2. The molecule has 0 atom stereocenters. The Hall–Kier alpha value is -1.16. The van der Waals surface area contributed by atoms with E-state index in [0.29, 0.717) is 0 Å². The van der Waals surface area contributed by atoms with Gasteiger partial charge in [-0.15, -0.1) is 0 Å². The minimum absolute atomic E-state index is 0.0579. The van der Waals surface area contributed by atoms with E-state index in [-0.39, 0.29) is 11.7 Å². The van der Waals surface area contributed by atoms with Crippen LogP contribution in [0.15, 0.2) is 18.2 Å². The molecule has 1 aromatic carbocycles. The van der Waals surface area contributed by atoms with Crippen LogP contribution in [0.5, 0.6) is 5.75 Å². The van der Waals surface area contributed by atoms with Crippen LogP contribution in [0.3, 0.4) is 0 Å². The van der Waals surface area contributed by atoms with Crippen LogP contribution in [0.2, 0.25) is 0 Å². The molecule has 0 aliphatic rings. The first kappa shape index (κ1) is 14.9. The van der Waals surface area contributed by atoms with E-state index >= 15 is 0 Å². The van der Waals surface area contributed by atoms with Crippen LogP contribution in [0.25, 0.3) is 0 Å². The monoisotopic (exact) mass is 267 g/mol. The average molecular weight is 267 g/mol. The maximum absolute atomic E-state index is 11.4. The summed E-state index contributed by atoms with van der Waals surface area (Å²) in [7, 11) is 3.50. The molecular weight excluding hydrogens is 246 g/mol. The van der Waals surface area contributed by atoms with Gasteiger partial charge in [0.25, 0.3) is 0 Å². The van der Waals surface area contributed by atoms with Gasteiger partial charge in [0, 0.05) is 13.6 Å². The van der Waals surface area contributed by atoms with Crippen molar-refractivity contribution in [1.82, 2.24) is 4.90 Å². The highest BCUT2D eigenvalue weighted by Crippen LogP contribution is 2.20. The minimum atomic E-state index is 0.0579. The van der Waals surface area contributed by atoms with Crippen molar-refractivity contribution in [3.05, 3.63) is 29.3 Å². The summed E-state index contributed by atoms with van der Waals surface area (Å²) < 4.78 is 5.30. The molecule has 0 fully saturated rings. The molecule has 0 aliphatic heterocycles. The number of hydrogen-bond acceptors (Lipinski definition) is 3. The third kappa shape index (κ3) is 3.95. The Balaban J connectivity index is 2.65. The molecular formula is C14H21NO2S. The number of nitrogens with zero attached hydrogens (tertiary/aromatic N) is 1. The summed E-state index contributed by atoms with van der Waals surface area (Å²) in [5.41, 5.74) is 2.43. The van der Waals surface area contributed by atoms with Gasteiger partial charge in [0.2, 0.25) is 5.91 Å². The lowest BCUT2D eigenvalue weighted by Crippen LogP contribution is -2.29. The molecule has 0 aromatic heterocycles. The summed E-state index contributed by atoms with van der Waals surface area (Å²) >= 11 is 3.98. The van der Waals surface area contributed by atoms with Gasteiger partial charge in [0.1, 0.15) is 5.75 Å². The van der Waals surface area contributed by atoms with Crippen LogP contribution >= 0.6 is 12.6 Å². The number of rotatable bonds is 6. The van der Waals surface area contributed by atoms with Gasteiger partial charge in [-0.05, 0) is 30.0 Å². The molecule has 18 heavy (non-hydrogen) atoms. The summed E-state index contributed by atoms with van der Waals surface area (Å²) in [4.78, 5) is 13.1. The molecule has 0 N–H and O–H groups in total. The molecule has 0 aliphatic carbocycles. The van der Waals surface area contributed by atoms with Crippen molar-refractivity contribution in [2.45, 2.75) is 19.8 Å². The SMILES string of the molecule is CCc1cc(CCN(C)C(=O)CS)ccc1OC. The van der Waals surface area contributed by atoms with Gasteiger partial charge < -0.3 is 9.64 Å². The van der Waals surface area contributed by atoms with Gasteiger partial charge in [-0.3, -0.25) is 4.79 Å². The highest BCUT2D eigenvalue weighted by molar-refractivity contribution is 7.81. The molecule has 1 amide bonds. The van der Waals surface area contributed by atoms with Crippen LogP contribution in [0, 0.1) is 0 Å². The van der Waals surface area contributed by atoms with E-state index in [4.69, 9.17) is 4.74 Å². The van der Waals surface area contributed by atoms with Crippen molar-refractivity contribution in [3.8, 4) is 5.75 Å². The Labute approximate surface area is 115 Å². The summed E-state index contributed by atoms with van der Waals surface area (Å²) in [5, 5.41) is 0. The maximum atomic E-state index is 11.4. The minimum Gasteiger partial charge on any atom is -0.496 e. The molecule has 0 bridgehead atoms. The van der Waals surface area contributed by atoms with Crippen LogP contribution in [-0.4, -0.2) is 37.3 Å². The predicted molar refractivity (Wildman–Crippen MR) is 77.6 cm³/mol. The second-order valence-electron chi connectivity index (χ2n) is 4.22. The van der Waals surface area contributed by atoms with E-state index in [0.717, 1.165) is 25.1 Å². The van der Waals surface area contributed by atoms with Gasteiger partial charge in [0.15, 0.2) is 0 Å². The Morgan fingerprint density at radius 3 is 2.72 bits per heavy atom. The molecule has 1 rings (SSSR count). The lowest BCUT2D eigenvalue weighted by Gasteiger charge is -2.16. The van der Waals surface area contributed by atoms with Crippen molar-refractivity contribution in [1.29, 1.82) is 0 Å². The quantitative estimate of drug-likeness (QED) is 0.801. The lowest BCUT2D eigenvalue weighted by atomic mass is 10.1. The van der Waals surface area contributed by atoms with E-state index in [9.17, 15) is 4.79 Å². The third-order valence-corrected chi connectivity index (χ3v) is 3.29. The Kier molecular flexibility index (Phi) is 6.05. The zero-order valence-electron chi connectivity index (χ0n) is 11.3. The first-order valence-corrected chi connectivity index (χ1v) is 6.76. The molecule has 3 nitrogen and oxygen atoms in total. The molecule has 0 spiro atoms. The van der Waals surface area contributed by atoms with Crippen molar-refractivity contribution in [2.75, 3.05) is 26.5 Å². The molecule has 100 valence electrons. The molecule has 0 heterocycles. The highest BCUT2D eigenvalue weighted by atomic mass is 32.1. The van der Waals surface area contributed by atoms with E-state index in [1.165, 1.54) is 11.1 Å². The standard InChI is InChI=1S/C14H21NO2S/c1-4-12-9-11(5-6-13(12)17-3)7-8-15(2)14(16)10-18/h5-6,9,18H,4,7-8,10H2,1-3H3. The van der Waals surface area contributed by atoms with Crippen LogP contribution in [0.4, 0.5) is 0 Å². The number of carbonyl (C=O) groups is 1. The number of methoxy groups -OCH3 is 1. The lowest BCUT2D eigenvalue weighted by molar-refractivity contribution is -0.127. The van der Waals surface area contributed by atoms with Crippen LogP contribution in [0.1, 0.15) is 18.1 Å². The maximum Gasteiger partial charge on any atom is 0.232 e. The number of benzene rings is 1. The predicted octanol–water partition coefficient (Wildman–Crippen LogP) is 2.19. The second kappa shape index (κ2) is 7.31. The third-order valence-electron chi connectivity index (χ3n) is 3.02. The number of amides is 1. The van der Waals surface area contributed by atoms with Gasteiger partial charge in [-0.2, -0.15) is 12.6 Å². The first-order chi connectivity index (χ1) is 8.62. The number of thiol groups is 1. The number of ether oxygens (including phenoxy) is 1. The molecule has 4 heteroatoms. The van der Waals surface area contributed by atoms with Crippen LogP contribution < -0.4 is 4.74 Å². The van der Waals surface area contributed by atoms with Crippen molar-refractivity contribution in [3.63, 3.8) is 0 Å². The summed E-state index contributed by atoms with van der Waals surface area (Å²) in [6, 6.07) is 6.20. The Morgan fingerprint density at radius 1 is 1.44 bits per heavy atom. The number of carbonyl (C=O) groups excluding carboxylic acids is 1. The first-order valence-electron chi connectivity index (χ1n) is 6.13. The molecule has 1 aromatic rings. The topological polar surface area (TPSA) is 29.5 Å². The largest absolute Gasteiger partial charge is 0.496 e. The average Bonchev–Trinajstić information content (AvgIpc) is 2.43. The molecule has 0 saturated heterocycles. The molecule has 0 unspecified atom stereocenters. The van der Waals surface area contributed by atoms with Gasteiger partial charge in [0.05, 0.1) is 12.9 Å². The fourth-order valence-corrected chi connectivity index (χ4v) is 2.05. The summed E-state index contributed by atoms with van der Waals surface area (Å²) in [6.07, 6.45) is 1.80. The smallest absolute Gasteiger partial charge is 0.232 e. The molecule has 0 radical (unpaired) electrons. The zero-order valence-corrected chi connectivity index (χ0v) is 12.2. The van der Waals surface area contributed by atoms with Crippen molar-refractivity contribution in [2.24, 2.45) is 0 Å². The number of likely N-dealkylation sites (N-methyl/N-ethyl adjacent to an activating group) is 1. The van der Waals surface area contributed by atoms with E-state index in [2.05, 4.69) is 31.7 Å². The van der Waals surface area contributed by atoms with Crippen molar-refractivity contribution >= 4 is 18.5 Å². The Morgan fingerprint density at radius 2 is 2.17 bits per heavy atom. The van der Waals surface area contributed by atoms with E-state index in [1.54, 1.807) is 12.0 Å². The fraction of sp³-hybridized carbons (Fsp3) is 0.500. The van der Waals surface area contributed by atoms with Gasteiger partial charge in [-0.25, -0.2) is 0 Å². The highest BCUT2D eigenvalue weighted by Gasteiger charge is 2.07. The number of aryl methyl sites for hydroxylation is 1. The number of hydrogen-bond donors (Lipinski definition) is 1.